The van der Waals surface area contributed by atoms with E-state index in [1.54, 1.807) is 54.6 Å². The van der Waals surface area contributed by atoms with Gasteiger partial charge in [0.15, 0.2) is 0 Å². The van der Waals surface area contributed by atoms with Gasteiger partial charge in [-0.2, -0.15) is 0 Å². The molecule has 1 N–H and O–H groups in total. The zero-order chi connectivity index (χ0) is 32.0. The van der Waals surface area contributed by atoms with Gasteiger partial charge >= 0.3 is 0 Å². The fraction of sp³-hybridized carbons (Fsp3) is 0.412. The van der Waals surface area contributed by atoms with Crippen molar-refractivity contribution in [2.24, 2.45) is 0 Å². The summed E-state index contributed by atoms with van der Waals surface area (Å²) in [6.45, 7) is 7.13. The molecule has 3 aromatic carbocycles. The summed E-state index contributed by atoms with van der Waals surface area (Å²) in [5.41, 5.74) is 3.86. The van der Waals surface area contributed by atoms with Crippen molar-refractivity contribution in [3.05, 3.63) is 93.0 Å². The van der Waals surface area contributed by atoms with E-state index in [0.29, 0.717) is 27.7 Å². The van der Waals surface area contributed by atoms with Crippen LogP contribution in [0.2, 0.25) is 10.0 Å². The van der Waals surface area contributed by atoms with Gasteiger partial charge in [0, 0.05) is 12.6 Å². The number of carbonyl (C=O) groups excluding carboxylic acids is 2. The van der Waals surface area contributed by atoms with E-state index in [-0.39, 0.29) is 23.4 Å². The van der Waals surface area contributed by atoms with Gasteiger partial charge in [0.05, 0.1) is 20.6 Å². The minimum Gasteiger partial charge on any atom is -0.352 e. The number of nitrogens with zero attached hydrogens (tertiary/aromatic N) is 2. The first-order valence-electron chi connectivity index (χ1n) is 15.1. The molecule has 0 aliphatic heterocycles. The molecule has 3 aromatic rings. The Morgan fingerprint density at radius 2 is 1.57 bits per heavy atom. The normalized spacial score (nSPS) is 14.6. The number of hydrogen-bond acceptors (Lipinski definition) is 4. The van der Waals surface area contributed by atoms with Crippen molar-refractivity contribution >= 4 is 50.7 Å². The zero-order valence-electron chi connectivity index (χ0n) is 25.8. The number of anilines is 1. The Kier molecular flexibility index (Phi) is 11.4. The predicted molar refractivity (Wildman–Crippen MR) is 178 cm³/mol. The maximum absolute atomic E-state index is 14.3. The third kappa shape index (κ3) is 8.14. The lowest BCUT2D eigenvalue weighted by Gasteiger charge is -2.34. The second kappa shape index (κ2) is 14.8. The summed E-state index contributed by atoms with van der Waals surface area (Å²) < 4.78 is 29.4. The van der Waals surface area contributed by atoms with Gasteiger partial charge in [0.2, 0.25) is 11.8 Å². The van der Waals surface area contributed by atoms with E-state index >= 15 is 0 Å². The summed E-state index contributed by atoms with van der Waals surface area (Å²) in [6, 6.07) is 16.2. The summed E-state index contributed by atoms with van der Waals surface area (Å²) in [5.74, 6) is -0.748. The van der Waals surface area contributed by atoms with Crippen LogP contribution in [0.15, 0.2) is 65.6 Å². The molecule has 0 saturated heterocycles. The number of aryl methyl sites for hydroxylation is 3. The van der Waals surface area contributed by atoms with E-state index in [1.165, 1.54) is 4.90 Å². The van der Waals surface area contributed by atoms with Crippen molar-refractivity contribution in [3.8, 4) is 0 Å². The summed E-state index contributed by atoms with van der Waals surface area (Å²) >= 11 is 12.5. The van der Waals surface area contributed by atoms with Gasteiger partial charge in [-0.25, -0.2) is 8.42 Å². The van der Waals surface area contributed by atoms with E-state index in [9.17, 15) is 18.0 Å². The molecule has 1 saturated carbocycles. The van der Waals surface area contributed by atoms with Gasteiger partial charge in [-0.15, -0.1) is 0 Å². The van der Waals surface area contributed by atoms with Crippen molar-refractivity contribution in [3.63, 3.8) is 0 Å². The quantitative estimate of drug-likeness (QED) is 0.233. The number of carbonyl (C=O) groups is 2. The number of halogens is 2. The number of hydrogen-bond donors (Lipinski definition) is 1. The van der Waals surface area contributed by atoms with E-state index < -0.39 is 28.5 Å². The smallest absolute Gasteiger partial charge is 0.264 e. The minimum atomic E-state index is -4.14. The molecule has 0 radical (unpaired) electrons. The standard InChI is InChI=1S/C34H41Cl2N3O4S/c1-5-32(34(41)37-27-9-7-6-8-10-27)38(21-26-14-18-30(35)31(36)20-26)33(40)22-39(28-15-13-24(3)25(4)19-28)44(42,43)29-16-11-23(2)12-17-29/h11-20,27,32H,5-10,21-22H2,1-4H3,(H,37,41)/t32-/m1/s1. The van der Waals surface area contributed by atoms with Crippen LogP contribution in [0.4, 0.5) is 5.69 Å². The van der Waals surface area contributed by atoms with Crippen LogP contribution in [-0.4, -0.2) is 43.8 Å². The van der Waals surface area contributed by atoms with Gasteiger partial charge in [0.1, 0.15) is 12.6 Å². The van der Waals surface area contributed by atoms with Crippen molar-refractivity contribution in [2.75, 3.05) is 10.8 Å². The Morgan fingerprint density at radius 3 is 2.18 bits per heavy atom. The van der Waals surface area contributed by atoms with Crippen molar-refractivity contribution in [1.29, 1.82) is 0 Å². The number of rotatable bonds is 11. The molecule has 0 aromatic heterocycles. The highest BCUT2D eigenvalue weighted by Gasteiger charge is 2.34. The fourth-order valence-corrected chi connectivity index (χ4v) is 7.27. The first kappa shape index (κ1) is 33.8. The van der Waals surface area contributed by atoms with Crippen LogP contribution in [0.5, 0.6) is 0 Å². The second-order valence-corrected chi connectivity index (χ2v) is 14.3. The molecule has 10 heteroatoms. The summed E-state index contributed by atoms with van der Waals surface area (Å²) in [6.07, 6.45) is 5.40. The fourth-order valence-electron chi connectivity index (χ4n) is 5.55. The molecule has 1 atom stereocenters. The first-order chi connectivity index (χ1) is 20.9. The molecule has 4 rings (SSSR count). The Hall–Kier alpha value is -3.07. The van der Waals surface area contributed by atoms with E-state index in [4.69, 9.17) is 23.2 Å². The molecular formula is C34H41Cl2N3O4S. The van der Waals surface area contributed by atoms with Gasteiger partial charge in [-0.1, -0.05) is 79.2 Å². The summed E-state index contributed by atoms with van der Waals surface area (Å²) in [5, 5.41) is 3.86. The number of benzene rings is 3. The highest BCUT2D eigenvalue weighted by atomic mass is 35.5. The third-order valence-corrected chi connectivity index (χ3v) is 10.9. The molecule has 0 bridgehead atoms. The average molecular weight is 659 g/mol. The SMILES string of the molecule is CC[C@H](C(=O)NC1CCCCC1)N(Cc1ccc(Cl)c(Cl)c1)C(=O)CN(c1ccc(C)c(C)c1)S(=O)(=O)c1ccc(C)cc1. The van der Waals surface area contributed by atoms with Crippen LogP contribution in [-0.2, 0) is 26.2 Å². The molecule has 1 aliphatic carbocycles. The number of amides is 2. The maximum Gasteiger partial charge on any atom is 0.264 e. The minimum absolute atomic E-state index is 0.0532. The Balaban J connectivity index is 1.74. The average Bonchev–Trinajstić information content (AvgIpc) is 2.99. The molecule has 0 unspecified atom stereocenters. The third-order valence-electron chi connectivity index (χ3n) is 8.34. The lowest BCUT2D eigenvalue weighted by Crippen LogP contribution is -2.54. The Labute approximate surface area is 271 Å². The van der Waals surface area contributed by atoms with Crippen LogP contribution in [0, 0.1) is 20.8 Å². The predicted octanol–water partition coefficient (Wildman–Crippen LogP) is 7.37. The monoisotopic (exact) mass is 657 g/mol. The highest BCUT2D eigenvalue weighted by Crippen LogP contribution is 2.28. The summed E-state index contributed by atoms with van der Waals surface area (Å²) in [7, 11) is -4.14. The van der Waals surface area contributed by atoms with E-state index in [2.05, 4.69) is 5.32 Å². The molecule has 0 heterocycles. The Morgan fingerprint density at radius 1 is 0.886 bits per heavy atom. The molecule has 1 fully saturated rings. The molecule has 44 heavy (non-hydrogen) atoms. The van der Waals surface area contributed by atoms with Crippen LogP contribution >= 0.6 is 23.2 Å². The number of nitrogens with one attached hydrogen (secondary N) is 1. The van der Waals surface area contributed by atoms with Gasteiger partial charge in [0.25, 0.3) is 10.0 Å². The van der Waals surface area contributed by atoms with Gasteiger partial charge in [-0.3, -0.25) is 13.9 Å². The first-order valence-corrected chi connectivity index (χ1v) is 17.3. The van der Waals surface area contributed by atoms with Crippen LogP contribution in [0.25, 0.3) is 0 Å². The topological polar surface area (TPSA) is 86.8 Å². The van der Waals surface area contributed by atoms with Crippen LogP contribution in [0.1, 0.15) is 67.7 Å². The van der Waals surface area contributed by atoms with E-state index in [0.717, 1.165) is 53.1 Å². The van der Waals surface area contributed by atoms with E-state index in [1.807, 2.05) is 33.8 Å². The number of sulfonamides is 1. The van der Waals surface area contributed by atoms with Crippen LogP contribution < -0.4 is 9.62 Å². The molecule has 236 valence electrons. The zero-order valence-corrected chi connectivity index (χ0v) is 28.1. The van der Waals surface area contributed by atoms with Crippen molar-refractivity contribution in [1.82, 2.24) is 10.2 Å². The summed E-state index contributed by atoms with van der Waals surface area (Å²) in [4.78, 5) is 29.6. The second-order valence-electron chi connectivity index (χ2n) is 11.6. The van der Waals surface area contributed by atoms with Gasteiger partial charge in [-0.05, 0) is 93.1 Å². The largest absolute Gasteiger partial charge is 0.352 e. The molecular weight excluding hydrogens is 617 g/mol. The molecule has 7 nitrogen and oxygen atoms in total. The van der Waals surface area contributed by atoms with Crippen molar-refractivity contribution < 1.29 is 18.0 Å². The molecule has 2 amide bonds. The van der Waals surface area contributed by atoms with Crippen molar-refractivity contribution in [2.45, 2.75) is 89.7 Å². The lowest BCUT2D eigenvalue weighted by molar-refractivity contribution is -0.140. The van der Waals surface area contributed by atoms with Crippen LogP contribution in [0.3, 0.4) is 0 Å². The maximum atomic E-state index is 14.3. The molecule has 0 spiro atoms. The molecule has 1 aliphatic rings. The Bertz CT molecular complexity index is 1590. The highest BCUT2D eigenvalue weighted by molar-refractivity contribution is 7.92. The van der Waals surface area contributed by atoms with Gasteiger partial charge < -0.3 is 10.2 Å². The lowest BCUT2D eigenvalue weighted by atomic mass is 9.95.